The number of hydrogen-bond acceptors (Lipinski definition) is 3. The van der Waals surface area contributed by atoms with E-state index in [4.69, 9.17) is 4.42 Å². The van der Waals surface area contributed by atoms with Gasteiger partial charge in [-0.15, -0.1) is 0 Å². The Bertz CT molecular complexity index is 327. The van der Waals surface area contributed by atoms with Crippen molar-refractivity contribution in [3.05, 3.63) is 24.2 Å². The Balaban J connectivity index is 1.74. The Labute approximate surface area is 99.1 Å². The van der Waals surface area contributed by atoms with E-state index in [-0.39, 0.29) is 0 Å². The molecule has 0 spiro atoms. The summed E-state index contributed by atoms with van der Waals surface area (Å²) in [4.78, 5) is 0. The highest BCUT2D eigenvalue weighted by molar-refractivity contribution is 7.85. The van der Waals surface area contributed by atoms with Gasteiger partial charge in [0.15, 0.2) is 0 Å². The first-order valence-corrected chi connectivity index (χ1v) is 7.36. The summed E-state index contributed by atoms with van der Waals surface area (Å²) in [5.41, 5.74) is 0. The van der Waals surface area contributed by atoms with E-state index in [0.29, 0.717) is 12.1 Å². The number of nitrogens with one attached hydrogen (secondary N) is 1. The van der Waals surface area contributed by atoms with Gasteiger partial charge in [0.1, 0.15) is 5.76 Å². The first kappa shape index (κ1) is 11.9. The predicted octanol–water partition coefficient (Wildman–Crippen LogP) is 1.71. The van der Waals surface area contributed by atoms with E-state index in [0.717, 1.165) is 36.5 Å². The second-order valence-corrected chi connectivity index (χ2v) is 6.17. The van der Waals surface area contributed by atoms with Crippen LogP contribution in [0.15, 0.2) is 22.8 Å². The summed E-state index contributed by atoms with van der Waals surface area (Å²) < 4.78 is 16.5. The molecule has 3 nitrogen and oxygen atoms in total. The number of furan rings is 1. The fourth-order valence-electron chi connectivity index (χ4n) is 2.15. The van der Waals surface area contributed by atoms with E-state index in [1.807, 2.05) is 12.1 Å². The minimum atomic E-state index is -0.566. The maximum atomic E-state index is 11.2. The predicted molar refractivity (Wildman–Crippen MR) is 65.9 cm³/mol. The molecule has 2 heterocycles. The van der Waals surface area contributed by atoms with Crippen LogP contribution in [-0.4, -0.2) is 27.8 Å². The maximum Gasteiger partial charge on any atom is 0.105 e. The number of rotatable bonds is 4. The van der Waals surface area contributed by atoms with Crippen LogP contribution in [0.5, 0.6) is 0 Å². The summed E-state index contributed by atoms with van der Waals surface area (Å²) in [5, 5.41) is 3.58. The van der Waals surface area contributed by atoms with Crippen LogP contribution in [0.3, 0.4) is 0 Å². The van der Waals surface area contributed by atoms with E-state index < -0.39 is 10.8 Å². The molecule has 1 fully saturated rings. The van der Waals surface area contributed by atoms with Gasteiger partial charge in [0.05, 0.1) is 6.26 Å². The van der Waals surface area contributed by atoms with Gasteiger partial charge in [-0.3, -0.25) is 4.21 Å². The van der Waals surface area contributed by atoms with Gasteiger partial charge >= 0.3 is 0 Å². The first-order chi connectivity index (χ1) is 7.74. The average Bonchev–Trinajstić information content (AvgIpc) is 2.74. The topological polar surface area (TPSA) is 42.2 Å². The molecule has 1 aliphatic heterocycles. The minimum Gasteiger partial charge on any atom is -0.469 e. The molecular formula is C12H19NO2S. The molecular weight excluding hydrogens is 222 g/mol. The summed E-state index contributed by atoms with van der Waals surface area (Å²) in [6.07, 6.45) is 4.71. The van der Waals surface area contributed by atoms with Crippen LogP contribution in [0, 0.1) is 0 Å². The van der Waals surface area contributed by atoms with Gasteiger partial charge in [0.2, 0.25) is 0 Å². The van der Waals surface area contributed by atoms with Gasteiger partial charge < -0.3 is 9.73 Å². The molecule has 4 heteroatoms. The van der Waals surface area contributed by atoms with Gasteiger partial charge in [-0.1, -0.05) is 0 Å². The summed E-state index contributed by atoms with van der Waals surface area (Å²) in [6.45, 7) is 2.17. The van der Waals surface area contributed by atoms with Crippen molar-refractivity contribution in [2.24, 2.45) is 0 Å². The highest BCUT2D eigenvalue weighted by atomic mass is 32.2. The Hall–Kier alpha value is -0.610. The Morgan fingerprint density at radius 3 is 2.94 bits per heavy atom. The molecule has 0 amide bonds. The van der Waals surface area contributed by atoms with Crippen LogP contribution in [0.25, 0.3) is 0 Å². The monoisotopic (exact) mass is 241 g/mol. The van der Waals surface area contributed by atoms with Crippen LogP contribution < -0.4 is 5.32 Å². The molecule has 1 aromatic heterocycles. The lowest BCUT2D eigenvalue weighted by Crippen LogP contribution is -2.41. The Morgan fingerprint density at radius 1 is 1.56 bits per heavy atom. The smallest absolute Gasteiger partial charge is 0.105 e. The van der Waals surface area contributed by atoms with Crippen molar-refractivity contribution in [2.45, 2.75) is 38.3 Å². The molecule has 1 saturated heterocycles. The van der Waals surface area contributed by atoms with Crippen LogP contribution in [0.1, 0.15) is 25.5 Å². The van der Waals surface area contributed by atoms with E-state index in [1.54, 1.807) is 6.26 Å². The lowest BCUT2D eigenvalue weighted by atomic mass is 10.1. The Morgan fingerprint density at radius 2 is 2.31 bits per heavy atom. The van der Waals surface area contributed by atoms with Crippen LogP contribution >= 0.6 is 0 Å². The van der Waals surface area contributed by atoms with Crippen LogP contribution in [0.4, 0.5) is 0 Å². The molecule has 2 rings (SSSR count). The summed E-state index contributed by atoms with van der Waals surface area (Å²) in [7, 11) is -0.566. The zero-order valence-corrected chi connectivity index (χ0v) is 10.5. The van der Waals surface area contributed by atoms with Gasteiger partial charge in [-0.05, 0) is 31.9 Å². The zero-order chi connectivity index (χ0) is 11.4. The third-order valence-electron chi connectivity index (χ3n) is 3.00. The summed E-state index contributed by atoms with van der Waals surface area (Å²) >= 11 is 0. The van der Waals surface area contributed by atoms with E-state index in [2.05, 4.69) is 12.2 Å². The summed E-state index contributed by atoms with van der Waals surface area (Å²) in [6, 6.07) is 4.88. The minimum absolute atomic E-state index is 0.419. The van der Waals surface area contributed by atoms with Crippen molar-refractivity contribution in [2.75, 3.05) is 11.5 Å². The lowest BCUT2D eigenvalue weighted by molar-refractivity contribution is 0.394. The largest absolute Gasteiger partial charge is 0.469 e. The second-order valence-electron chi connectivity index (χ2n) is 4.47. The molecule has 16 heavy (non-hydrogen) atoms. The van der Waals surface area contributed by atoms with Crippen LogP contribution in [0.2, 0.25) is 0 Å². The van der Waals surface area contributed by atoms with Crippen molar-refractivity contribution >= 4 is 10.8 Å². The van der Waals surface area contributed by atoms with Crippen molar-refractivity contribution in [3.63, 3.8) is 0 Å². The van der Waals surface area contributed by atoms with Gasteiger partial charge in [-0.25, -0.2) is 0 Å². The number of hydrogen-bond donors (Lipinski definition) is 1. The average molecular weight is 241 g/mol. The maximum absolute atomic E-state index is 11.2. The molecule has 90 valence electrons. The molecule has 0 radical (unpaired) electrons. The molecule has 1 atom stereocenters. The molecule has 0 saturated carbocycles. The molecule has 1 aromatic rings. The third kappa shape index (κ3) is 3.46. The Kier molecular flexibility index (Phi) is 4.18. The van der Waals surface area contributed by atoms with E-state index in [1.165, 1.54) is 0 Å². The zero-order valence-electron chi connectivity index (χ0n) is 9.65. The fraction of sp³-hybridized carbons (Fsp3) is 0.667. The fourth-order valence-corrected chi connectivity index (χ4v) is 3.45. The van der Waals surface area contributed by atoms with Crippen molar-refractivity contribution in [1.82, 2.24) is 5.32 Å². The summed E-state index contributed by atoms with van der Waals surface area (Å²) in [5.74, 6) is 2.73. The SMILES string of the molecule is CC(Cc1ccco1)NC1CCS(=O)CC1. The van der Waals surface area contributed by atoms with Crippen molar-refractivity contribution in [3.8, 4) is 0 Å². The second kappa shape index (κ2) is 5.64. The molecule has 0 aliphatic carbocycles. The first-order valence-electron chi connectivity index (χ1n) is 5.87. The van der Waals surface area contributed by atoms with E-state index >= 15 is 0 Å². The standard InChI is InChI=1S/C12H19NO2S/c1-10(9-12-3-2-6-15-12)13-11-4-7-16(14)8-5-11/h2-3,6,10-11,13H,4-5,7-9H2,1H3. The van der Waals surface area contributed by atoms with Crippen molar-refractivity contribution < 1.29 is 8.63 Å². The highest BCUT2D eigenvalue weighted by Gasteiger charge is 2.19. The van der Waals surface area contributed by atoms with Gasteiger partial charge in [-0.2, -0.15) is 0 Å². The quantitative estimate of drug-likeness (QED) is 0.872. The lowest BCUT2D eigenvalue weighted by Gasteiger charge is -2.26. The van der Waals surface area contributed by atoms with E-state index in [9.17, 15) is 4.21 Å². The van der Waals surface area contributed by atoms with Gasteiger partial charge in [0, 0.05) is 40.8 Å². The normalized spacial score (nSPS) is 27.8. The molecule has 1 N–H and O–H groups in total. The molecule has 1 unspecified atom stereocenters. The van der Waals surface area contributed by atoms with Crippen molar-refractivity contribution in [1.29, 1.82) is 0 Å². The molecule has 0 bridgehead atoms. The van der Waals surface area contributed by atoms with Gasteiger partial charge in [0.25, 0.3) is 0 Å². The highest BCUT2D eigenvalue weighted by Crippen LogP contribution is 2.11. The molecule has 0 aromatic carbocycles. The third-order valence-corrected chi connectivity index (χ3v) is 4.38. The van der Waals surface area contributed by atoms with Crippen LogP contribution in [-0.2, 0) is 17.2 Å². The molecule has 1 aliphatic rings.